The topological polar surface area (TPSA) is 80.1 Å². The highest BCUT2D eigenvalue weighted by Gasteiger charge is 2.12. The number of thioether (sulfide) groups is 1. The minimum atomic E-state index is -0.452. The van der Waals surface area contributed by atoms with Gasteiger partial charge in [0.15, 0.2) is 10.8 Å². The van der Waals surface area contributed by atoms with E-state index in [2.05, 4.69) is 10.2 Å². The molecule has 5 nitrogen and oxygen atoms in total. The molecule has 0 saturated heterocycles. The van der Waals surface area contributed by atoms with Crippen molar-refractivity contribution < 1.29 is 4.39 Å². The number of nitrogens with two attached hydrogens (primary N) is 1. The van der Waals surface area contributed by atoms with Crippen LogP contribution in [0.25, 0.3) is 5.65 Å². The van der Waals surface area contributed by atoms with Crippen LogP contribution < -0.4 is 5.73 Å². The molecule has 0 bridgehead atoms. The Morgan fingerprint density at radius 2 is 2.10 bits per heavy atom. The fourth-order valence-electron chi connectivity index (χ4n) is 1.96. The van der Waals surface area contributed by atoms with Gasteiger partial charge in [-0.05, 0) is 23.8 Å². The Morgan fingerprint density at radius 1 is 1.24 bits per heavy atom. The lowest BCUT2D eigenvalue weighted by atomic mass is 10.1. The van der Waals surface area contributed by atoms with Crippen molar-refractivity contribution >= 4 is 23.2 Å². The van der Waals surface area contributed by atoms with E-state index in [1.165, 1.54) is 17.8 Å². The molecule has 21 heavy (non-hydrogen) atoms. The second-order valence-electron chi connectivity index (χ2n) is 4.39. The van der Waals surface area contributed by atoms with Crippen LogP contribution in [0.4, 0.5) is 4.39 Å². The minimum absolute atomic E-state index is 0.124. The van der Waals surface area contributed by atoms with Crippen LogP contribution in [-0.4, -0.2) is 20.4 Å². The zero-order valence-electron chi connectivity index (χ0n) is 11.0. The van der Waals surface area contributed by atoms with Crippen molar-refractivity contribution in [3.05, 3.63) is 59.5 Å². The average Bonchev–Trinajstić information content (AvgIpc) is 2.89. The third-order valence-electron chi connectivity index (χ3n) is 3.01. The number of rotatable bonds is 4. The molecule has 106 valence electrons. The van der Waals surface area contributed by atoms with Gasteiger partial charge in [0, 0.05) is 11.9 Å². The molecule has 0 radical (unpaired) electrons. The Bertz CT molecular complexity index is 814. The normalized spacial score (nSPS) is 10.9. The summed E-state index contributed by atoms with van der Waals surface area (Å²) < 4.78 is 16.0. The first-order valence-electron chi connectivity index (χ1n) is 6.21. The van der Waals surface area contributed by atoms with E-state index in [4.69, 9.17) is 11.1 Å². The van der Waals surface area contributed by atoms with Crippen LogP contribution in [-0.2, 0) is 5.75 Å². The number of pyridine rings is 1. The zero-order valence-corrected chi connectivity index (χ0v) is 11.8. The maximum Gasteiger partial charge on any atom is 0.195 e. The highest BCUT2D eigenvalue weighted by atomic mass is 32.2. The van der Waals surface area contributed by atoms with E-state index in [-0.39, 0.29) is 11.4 Å². The van der Waals surface area contributed by atoms with Gasteiger partial charge in [0.1, 0.15) is 11.7 Å². The smallest absolute Gasteiger partial charge is 0.195 e. The molecule has 0 saturated carbocycles. The van der Waals surface area contributed by atoms with Gasteiger partial charge in [0.2, 0.25) is 0 Å². The molecule has 0 atom stereocenters. The van der Waals surface area contributed by atoms with Gasteiger partial charge >= 0.3 is 0 Å². The van der Waals surface area contributed by atoms with Gasteiger partial charge in [-0.25, -0.2) is 4.39 Å². The summed E-state index contributed by atoms with van der Waals surface area (Å²) in [7, 11) is 0. The fourth-order valence-corrected chi connectivity index (χ4v) is 2.86. The molecule has 0 aliphatic rings. The van der Waals surface area contributed by atoms with Gasteiger partial charge in [-0.1, -0.05) is 30.0 Å². The maximum absolute atomic E-state index is 14.2. The van der Waals surface area contributed by atoms with Gasteiger partial charge < -0.3 is 5.73 Å². The Morgan fingerprint density at radius 3 is 2.90 bits per heavy atom. The van der Waals surface area contributed by atoms with Crippen molar-refractivity contribution in [1.29, 1.82) is 5.41 Å². The van der Waals surface area contributed by atoms with Gasteiger partial charge in [-0.15, -0.1) is 10.2 Å². The van der Waals surface area contributed by atoms with E-state index >= 15 is 0 Å². The van der Waals surface area contributed by atoms with Gasteiger partial charge in [-0.2, -0.15) is 0 Å². The molecule has 3 N–H and O–H groups in total. The number of halogens is 1. The first-order valence-corrected chi connectivity index (χ1v) is 7.19. The van der Waals surface area contributed by atoms with Crippen molar-refractivity contribution in [1.82, 2.24) is 14.6 Å². The van der Waals surface area contributed by atoms with E-state index < -0.39 is 5.82 Å². The molecular weight excluding hydrogens is 289 g/mol. The number of nitrogens with zero attached hydrogens (tertiary/aromatic N) is 3. The second kappa shape index (κ2) is 5.53. The summed E-state index contributed by atoms with van der Waals surface area (Å²) in [5.74, 6) is -0.332. The minimum Gasteiger partial charge on any atom is -0.384 e. The molecule has 0 spiro atoms. The Labute approximate surface area is 124 Å². The van der Waals surface area contributed by atoms with Crippen molar-refractivity contribution in [2.45, 2.75) is 10.9 Å². The summed E-state index contributed by atoms with van der Waals surface area (Å²) in [6.07, 6.45) is 1.86. The van der Waals surface area contributed by atoms with Gasteiger partial charge in [-0.3, -0.25) is 9.81 Å². The summed E-state index contributed by atoms with van der Waals surface area (Å²) in [6, 6.07) is 10.5. The Balaban J connectivity index is 1.85. The van der Waals surface area contributed by atoms with Crippen LogP contribution in [0, 0.1) is 11.2 Å². The van der Waals surface area contributed by atoms with Crippen LogP contribution in [0.3, 0.4) is 0 Å². The highest BCUT2D eigenvalue weighted by Crippen LogP contribution is 2.24. The second-order valence-corrected chi connectivity index (χ2v) is 5.33. The molecule has 0 aliphatic carbocycles. The molecule has 0 amide bonds. The summed E-state index contributed by atoms with van der Waals surface area (Å²) in [6.45, 7) is 0. The van der Waals surface area contributed by atoms with Crippen LogP contribution in [0.2, 0.25) is 0 Å². The monoisotopic (exact) mass is 301 g/mol. The van der Waals surface area contributed by atoms with Crippen LogP contribution in [0.15, 0.2) is 47.8 Å². The number of benzene rings is 1. The molecule has 0 unspecified atom stereocenters. The predicted molar refractivity (Wildman–Crippen MR) is 80.0 cm³/mol. The lowest BCUT2D eigenvalue weighted by Gasteiger charge is -2.06. The quantitative estimate of drug-likeness (QED) is 0.440. The van der Waals surface area contributed by atoms with Gasteiger partial charge in [0.25, 0.3) is 0 Å². The first kappa shape index (κ1) is 13.6. The average molecular weight is 301 g/mol. The summed E-state index contributed by atoms with van der Waals surface area (Å²) in [4.78, 5) is 0. The van der Waals surface area contributed by atoms with Crippen molar-refractivity contribution in [2.24, 2.45) is 5.73 Å². The molecule has 3 aromatic rings. The molecule has 1 aromatic carbocycles. The third kappa shape index (κ3) is 2.59. The molecule has 2 aromatic heterocycles. The van der Waals surface area contributed by atoms with Crippen molar-refractivity contribution in [3.8, 4) is 0 Å². The number of amidine groups is 1. The number of hydrogen-bond acceptors (Lipinski definition) is 4. The van der Waals surface area contributed by atoms with Crippen LogP contribution in [0.1, 0.15) is 11.1 Å². The summed E-state index contributed by atoms with van der Waals surface area (Å²) in [5.41, 5.74) is 6.72. The predicted octanol–water partition coefficient (Wildman–Crippen LogP) is 2.44. The number of hydrogen-bond donors (Lipinski definition) is 2. The molecule has 0 fully saturated rings. The molecule has 3 rings (SSSR count). The standard InChI is InChI=1S/C14H12FN5S/c15-12-9(4-3-5-10(12)13(16)17)8-21-14-19-18-11-6-1-2-7-20(11)14/h1-7H,8H2,(H3,16,17). The highest BCUT2D eigenvalue weighted by molar-refractivity contribution is 7.98. The number of nitrogens with one attached hydrogen (secondary N) is 1. The fraction of sp³-hybridized carbons (Fsp3) is 0.0714. The molecular formula is C14H12FN5S. The SMILES string of the molecule is N=C(N)c1cccc(CSc2nnc3ccccn23)c1F. The Hall–Kier alpha value is -2.41. The number of fused-ring (bicyclic) bond motifs is 1. The van der Waals surface area contributed by atoms with E-state index in [0.717, 1.165) is 5.65 Å². The van der Waals surface area contributed by atoms with E-state index in [9.17, 15) is 4.39 Å². The number of nitrogen functional groups attached to an aromatic ring is 1. The van der Waals surface area contributed by atoms with Crippen molar-refractivity contribution in [2.75, 3.05) is 0 Å². The zero-order chi connectivity index (χ0) is 14.8. The largest absolute Gasteiger partial charge is 0.384 e. The number of aromatic nitrogens is 3. The maximum atomic E-state index is 14.2. The Kier molecular flexibility index (Phi) is 3.57. The first-order chi connectivity index (χ1) is 10.2. The van der Waals surface area contributed by atoms with Crippen LogP contribution >= 0.6 is 11.8 Å². The molecule has 7 heteroatoms. The lowest BCUT2D eigenvalue weighted by molar-refractivity contribution is 0.614. The van der Waals surface area contributed by atoms with E-state index in [1.807, 2.05) is 28.8 Å². The molecule has 0 aliphatic heterocycles. The summed E-state index contributed by atoms with van der Waals surface area (Å²) >= 11 is 1.38. The van der Waals surface area contributed by atoms with E-state index in [0.29, 0.717) is 16.5 Å². The summed E-state index contributed by atoms with van der Waals surface area (Å²) in [5, 5.41) is 16.2. The lowest BCUT2D eigenvalue weighted by Crippen LogP contribution is -2.14. The third-order valence-corrected chi connectivity index (χ3v) is 4.00. The van der Waals surface area contributed by atoms with Crippen LogP contribution in [0.5, 0.6) is 0 Å². The van der Waals surface area contributed by atoms with Crippen molar-refractivity contribution in [3.63, 3.8) is 0 Å². The molecule has 2 heterocycles. The van der Waals surface area contributed by atoms with Gasteiger partial charge in [0.05, 0.1) is 5.56 Å². The van der Waals surface area contributed by atoms with E-state index in [1.54, 1.807) is 12.1 Å².